The monoisotopic (exact) mass is 478 g/mol. The second-order valence-corrected chi connectivity index (χ2v) is 9.85. The molecule has 0 bridgehead atoms. The lowest BCUT2D eigenvalue weighted by Gasteiger charge is -2.18. The lowest BCUT2D eigenvalue weighted by molar-refractivity contribution is 0.404. The molecule has 32 heavy (non-hydrogen) atoms. The van der Waals surface area contributed by atoms with Crippen LogP contribution in [0, 0.1) is 6.92 Å². The van der Waals surface area contributed by atoms with Gasteiger partial charge in [-0.1, -0.05) is 6.07 Å². The number of fused-ring (bicyclic) bond motifs is 2. The Morgan fingerprint density at radius 2 is 1.47 bits per heavy atom. The van der Waals surface area contributed by atoms with E-state index >= 15 is 0 Å². The van der Waals surface area contributed by atoms with Crippen LogP contribution in [-0.2, 0) is 20.2 Å². The van der Waals surface area contributed by atoms with Gasteiger partial charge in [-0.3, -0.25) is 13.9 Å². The lowest BCUT2D eigenvalue weighted by atomic mass is 9.92. The molecule has 0 saturated carbocycles. The van der Waals surface area contributed by atoms with Crippen LogP contribution in [0.3, 0.4) is 0 Å². The summed E-state index contributed by atoms with van der Waals surface area (Å²) in [4.78, 5) is 10.5. The molecular weight excluding hydrogens is 464 g/mol. The molecular formula is C20H14O10S2. The molecule has 1 aliphatic heterocycles. The van der Waals surface area contributed by atoms with E-state index in [0.29, 0.717) is 6.07 Å². The summed E-state index contributed by atoms with van der Waals surface area (Å²) in [5.74, 6) is -1.10. The van der Waals surface area contributed by atoms with E-state index in [2.05, 4.69) is 0 Å². The predicted octanol–water partition coefficient (Wildman–Crippen LogP) is 2.78. The minimum atomic E-state index is -5.02. The van der Waals surface area contributed by atoms with Crippen LogP contribution in [0.1, 0.15) is 5.56 Å². The minimum Gasteiger partial charge on any atom is -0.504 e. The number of phenols is 2. The Labute approximate surface area is 180 Å². The highest BCUT2D eigenvalue weighted by molar-refractivity contribution is 7.86. The van der Waals surface area contributed by atoms with Gasteiger partial charge < -0.3 is 14.6 Å². The molecule has 2 aliphatic rings. The van der Waals surface area contributed by atoms with Crippen LogP contribution < -0.4 is 5.43 Å². The molecule has 0 atom stereocenters. The minimum absolute atomic E-state index is 0.00772. The Bertz CT molecular complexity index is 1670. The fourth-order valence-corrected chi connectivity index (χ4v) is 4.73. The zero-order valence-corrected chi connectivity index (χ0v) is 17.7. The van der Waals surface area contributed by atoms with Crippen molar-refractivity contribution in [2.45, 2.75) is 16.7 Å². The van der Waals surface area contributed by atoms with Crippen molar-refractivity contribution in [3.8, 4) is 33.9 Å². The fraction of sp³-hybridized carbons (Fsp3) is 0.0500. The summed E-state index contributed by atoms with van der Waals surface area (Å²) in [6, 6.07) is 7.25. The van der Waals surface area contributed by atoms with Gasteiger partial charge in [0.2, 0.25) is 0 Å². The van der Waals surface area contributed by atoms with E-state index in [1.165, 1.54) is 13.0 Å². The van der Waals surface area contributed by atoms with Gasteiger partial charge in [-0.25, -0.2) is 0 Å². The maximum Gasteiger partial charge on any atom is 0.295 e. The van der Waals surface area contributed by atoms with Gasteiger partial charge in [-0.15, -0.1) is 0 Å². The molecule has 0 fully saturated rings. The Hall–Kier alpha value is -3.45. The number of benzene rings is 3. The molecule has 1 aliphatic carbocycles. The molecule has 2 aromatic rings. The molecule has 166 valence electrons. The van der Waals surface area contributed by atoms with Gasteiger partial charge in [0.15, 0.2) is 16.9 Å². The topological polar surface area (TPSA) is 179 Å². The molecule has 0 spiro atoms. The van der Waals surface area contributed by atoms with Gasteiger partial charge in [-0.05, 0) is 36.8 Å². The predicted molar refractivity (Wildman–Crippen MR) is 112 cm³/mol. The van der Waals surface area contributed by atoms with Crippen LogP contribution in [-0.4, -0.2) is 36.2 Å². The third-order valence-electron chi connectivity index (χ3n) is 4.91. The van der Waals surface area contributed by atoms with Gasteiger partial charge in [-0.2, -0.15) is 16.8 Å². The quantitative estimate of drug-likeness (QED) is 0.194. The normalized spacial score (nSPS) is 12.5. The van der Waals surface area contributed by atoms with Crippen molar-refractivity contribution in [2.24, 2.45) is 0 Å². The maximum absolute atomic E-state index is 12.1. The molecule has 12 heteroatoms. The van der Waals surface area contributed by atoms with Crippen LogP contribution in [0.15, 0.2) is 61.5 Å². The largest absolute Gasteiger partial charge is 0.504 e. The van der Waals surface area contributed by atoms with Gasteiger partial charge in [0.25, 0.3) is 20.2 Å². The summed E-state index contributed by atoms with van der Waals surface area (Å²) in [7, 11) is -9.82. The SMILES string of the molecule is Cc1cc2c(-c3ccc(S(=O)(=O)O)cc3S(=O)(=O)O)c3cc(O)c(O)cc3oc-2cc1=O. The lowest BCUT2D eigenvalue weighted by Crippen LogP contribution is -2.08. The van der Waals surface area contributed by atoms with Crippen molar-refractivity contribution < 1.29 is 40.6 Å². The van der Waals surface area contributed by atoms with E-state index in [1.807, 2.05) is 0 Å². The number of aromatic hydroxyl groups is 2. The third-order valence-corrected chi connectivity index (χ3v) is 6.65. The molecule has 10 nitrogen and oxygen atoms in total. The molecule has 0 aromatic heterocycles. The van der Waals surface area contributed by atoms with E-state index in [-0.39, 0.29) is 44.4 Å². The highest BCUT2D eigenvalue weighted by atomic mass is 32.2. The molecule has 4 N–H and O–H groups in total. The average Bonchev–Trinajstić information content (AvgIpc) is 2.67. The first-order chi connectivity index (χ1) is 14.8. The van der Waals surface area contributed by atoms with Crippen molar-refractivity contribution in [1.82, 2.24) is 0 Å². The first-order valence-electron chi connectivity index (χ1n) is 8.80. The van der Waals surface area contributed by atoms with Crippen LogP contribution in [0.25, 0.3) is 33.4 Å². The maximum atomic E-state index is 12.1. The number of rotatable bonds is 3. The van der Waals surface area contributed by atoms with E-state index in [0.717, 1.165) is 30.3 Å². The van der Waals surface area contributed by atoms with Crippen LogP contribution >= 0.6 is 0 Å². The molecule has 2 aromatic carbocycles. The van der Waals surface area contributed by atoms with Gasteiger partial charge in [0, 0.05) is 34.2 Å². The highest BCUT2D eigenvalue weighted by Gasteiger charge is 2.27. The van der Waals surface area contributed by atoms with Crippen molar-refractivity contribution in [2.75, 3.05) is 0 Å². The molecule has 0 saturated heterocycles. The number of hydrogen-bond acceptors (Lipinski definition) is 8. The summed E-state index contributed by atoms with van der Waals surface area (Å²) in [5, 5.41) is 20.0. The number of aryl methyl sites for hydroxylation is 1. The van der Waals surface area contributed by atoms with Crippen LogP contribution in [0.5, 0.6) is 11.5 Å². The van der Waals surface area contributed by atoms with Crippen LogP contribution in [0.2, 0.25) is 0 Å². The first kappa shape index (κ1) is 21.8. The van der Waals surface area contributed by atoms with Crippen molar-refractivity contribution in [3.05, 3.63) is 58.3 Å². The van der Waals surface area contributed by atoms with E-state index < -0.39 is 41.5 Å². The zero-order chi connectivity index (χ0) is 23.6. The highest BCUT2D eigenvalue weighted by Crippen LogP contribution is 2.45. The fourth-order valence-electron chi connectivity index (χ4n) is 3.42. The van der Waals surface area contributed by atoms with E-state index in [4.69, 9.17) is 4.42 Å². The molecule has 0 unspecified atom stereocenters. The summed E-state index contributed by atoms with van der Waals surface area (Å²) < 4.78 is 72.1. The molecule has 1 heterocycles. The average molecular weight is 478 g/mol. The number of phenolic OH excluding ortho intramolecular Hbond substituents is 2. The Morgan fingerprint density at radius 3 is 2.09 bits per heavy atom. The summed E-state index contributed by atoms with van der Waals surface area (Å²) >= 11 is 0. The Balaban J connectivity index is 2.27. The molecule has 4 rings (SSSR count). The summed E-state index contributed by atoms with van der Waals surface area (Å²) in [6.45, 7) is 1.51. The van der Waals surface area contributed by atoms with E-state index in [1.54, 1.807) is 0 Å². The Morgan fingerprint density at radius 1 is 0.812 bits per heavy atom. The second kappa shape index (κ2) is 7.03. The van der Waals surface area contributed by atoms with Gasteiger partial charge in [0.05, 0.1) is 4.90 Å². The van der Waals surface area contributed by atoms with Crippen molar-refractivity contribution in [3.63, 3.8) is 0 Å². The summed E-state index contributed by atoms with van der Waals surface area (Å²) in [5.41, 5.74) is -0.0658. The standard InChI is InChI=1S/C20H14O10S2/c1-9-4-12-17(7-14(9)21)30-18-8-16(23)15(22)6-13(18)20(12)11-3-2-10(31(24,25)26)5-19(11)32(27,28)29/h2-8,22-23H,1H3,(H,24,25,26)(H,27,28,29). The molecule has 0 radical (unpaired) electrons. The number of hydrogen-bond donors (Lipinski definition) is 4. The van der Waals surface area contributed by atoms with Gasteiger partial charge >= 0.3 is 0 Å². The second-order valence-electron chi connectivity index (χ2n) is 7.04. The van der Waals surface area contributed by atoms with Crippen LogP contribution in [0.4, 0.5) is 0 Å². The Kier molecular flexibility index (Phi) is 4.78. The molecule has 0 amide bonds. The summed E-state index contributed by atoms with van der Waals surface area (Å²) in [6.07, 6.45) is 0. The third kappa shape index (κ3) is 3.58. The van der Waals surface area contributed by atoms with Gasteiger partial charge in [0.1, 0.15) is 16.2 Å². The smallest absolute Gasteiger partial charge is 0.295 e. The zero-order valence-electron chi connectivity index (χ0n) is 16.1. The van der Waals surface area contributed by atoms with Crippen molar-refractivity contribution in [1.29, 1.82) is 0 Å². The van der Waals surface area contributed by atoms with Crippen molar-refractivity contribution >= 4 is 31.2 Å². The van der Waals surface area contributed by atoms with E-state index in [9.17, 15) is 40.9 Å². The first-order valence-corrected chi connectivity index (χ1v) is 11.7.